The molecule has 2 N–H and O–H groups in total. The van der Waals surface area contributed by atoms with Gasteiger partial charge in [-0.2, -0.15) is 0 Å². The van der Waals surface area contributed by atoms with Crippen molar-refractivity contribution in [3.63, 3.8) is 0 Å². The molecule has 5 nitrogen and oxygen atoms in total. The molecule has 0 amide bonds. The number of aliphatic hydroxyl groups is 1. The van der Waals surface area contributed by atoms with Gasteiger partial charge in [-0.05, 0) is 45.3 Å². The number of carbonyl (C=O) groups excluding carboxylic acids is 1. The molecule has 0 radical (unpaired) electrons. The predicted molar refractivity (Wildman–Crippen MR) is 75.0 cm³/mol. The van der Waals surface area contributed by atoms with Gasteiger partial charge < -0.3 is 20.1 Å². The van der Waals surface area contributed by atoms with Crippen LogP contribution in [0.25, 0.3) is 0 Å². The van der Waals surface area contributed by atoms with E-state index in [1.807, 2.05) is 0 Å². The summed E-state index contributed by atoms with van der Waals surface area (Å²) in [4.78, 5) is 13.5. The number of likely N-dealkylation sites (tertiary alicyclic amines) is 1. The first-order chi connectivity index (χ1) is 8.95. The first kappa shape index (κ1) is 16.4. The van der Waals surface area contributed by atoms with E-state index in [2.05, 4.69) is 24.2 Å². The largest absolute Gasteiger partial charge is 0.466 e. The Kier molecular flexibility index (Phi) is 6.75. The normalized spacial score (nSPS) is 21.1. The first-order valence-electron chi connectivity index (χ1n) is 7.18. The molecule has 0 aliphatic carbocycles. The summed E-state index contributed by atoms with van der Waals surface area (Å²) in [6.07, 6.45) is 1.75. The lowest BCUT2D eigenvalue weighted by atomic mass is 9.80. The maximum absolute atomic E-state index is 11.2. The quantitative estimate of drug-likeness (QED) is 0.665. The average molecular weight is 272 g/mol. The van der Waals surface area contributed by atoms with Gasteiger partial charge in [0.2, 0.25) is 0 Å². The molecule has 112 valence electrons. The third kappa shape index (κ3) is 6.36. The SMILES string of the molecule is CCOC(=O)CC(O)CNCC1(C)CCN(C)CC1. The Labute approximate surface area is 116 Å². The summed E-state index contributed by atoms with van der Waals surface area (Å²) in [5.41, 5.74) is 0.302. The van der Waals surface area contributed by atoms with E-state index >= 15 is 0 Å². The zero-order valence-electron chi connectivity index (χ0n) is 12.4. The van der Waals surface area contributed by atoms with E-state index in [0.717, 1.165) is 19.6 Å². The second-order valence-corrected chi connectivity index (χ2v) is 5.91. The number of nitrogens with one attached hydrogen (secondary N) is 1. The Bertz CT molecular complexity index is 276. The fourth-order valence-electron chi connectivity index (χ4n) is 2.36. The van der Waals surface area contributed by atoms with E-state index in [0.29, 0.717) is 18.6 Å². The van der Waals surface area contributed by atoms with Crippen LogP contribution in [0.3, 0.4) is 0 Å². The summed E-state index contributed by atoms with van der Waals surface area (Å²) in [6, 6.07) is 0. The number of aliphatic hydroxyl groups excluding tert-OH is 1. The summed E-state index contributed by atoms with van der Waals surface area (Å²) < 4.78 is 4.81. The van der Waals surface area contributed by atoms with Crippen LogP contribution in [0.1, 0.15) is 33.1 Å². The van der Waals surface area contributed by atoms with Crippen LogP contribution in [0.5, 0.6) is 0 Å². The predicted octanol–water partition coefficient (Wildman–Crippen LogP) is 0.622. The van der Waals surface area contributed by atoms with E-state index in [-0.39, 0.29) is 12.4 Å². The Hall–Kier alpha value is -0.650. The second-order valence-electron chi connectivity index (χ2n) is 5.91. The highest BCUT2D eigenvalue weighted by Gasteiger charge is 2.28. The fraction of sp³-hybridized carbons (Fsp3) is 0.929. The summed E-state index contributed by atoms with van der Waals surface area (Å²) in [6.45, 7) is 8.01. The number of carbonyl (C=O) groups is 1. The average Bonchev–Trinajstić information content (AvgIpc) is 2.33. The molecule has 0 aromatic rings. The molecule has 1 aliphatic heterocycles. The third-order valence-electron chi connectivity index (χ3n) is 3.83. The number of piperidine rings is 1. The van der Waals surface area contributed by atoms with Crippen molar-refractivity contribution in [3.05, 3.63) is 0 Å². The van der Waals surface area contributed by atoms with Crippen molar-refractivity contribution in [2.24, 2.45) is 5.41 Å². The highest BCUT2D eigenvalue weighted by molar-refractivity contribution is 5.69. The first-order valence-corrected chi connectivity index (χ1v) is 7.18. The van der Waals surface area contributed by atoms with Gasteiger partial charge >= 0.3 is 5.97 Å². The van der Waals surface area contributed by atoms with Gasteiger partial charge in [0.1, 0.15) is 0 Å². The Morgan fingerprint density at radius 3 is 2.68 bits per heavy atom. The van der Waals surface area contributed by atoms with Gasteiger partial charge in [0.15, 0.2) is 0 Å². The Morgan fingerprint density at radius 1 is 1.47 bits per heavy atom. The summed E-state index contributed by atoms with van der Waals surface area (Å²) >= 11 is 0. The molecule has 1 rings (SSSR count). The molecule has 1 atom stereocenters. The van der Waals surface area contributed by atoms with Crippen molar-refractivity contribution in [2.75, 3.05) is 39.8 Å². The molecule has 19 heavy (non-hydrogen) atoms. The van der Waals surface area contributed by atoms with Crippen LogP contribution in [0.2, 0.25) is 0 Å². The fourth-order valence-corrected chi connectivity index (χ4v) is 2.36. The number of hydrogen-bond donors (Lipinski definition) is 2. The number of rotatable bonds is 7. The lowest BCUT2D eigenvalue weighted by Gasteiger charge is -2.38. The van der Waals surface area contributed by atoms with Crippen molar-refractivity contribution < 1.29 is 14.6 Å². The van der Waals surface area contributed by atoms with Crippen LogP contribution in [0, 0.1) is 5.41 Å². The molecule has 1 aliphatic rings. The van der Waals surface area contributed by atoms with Crippen LogP contribution in [0.15, 0.2) is 0 Å². The molecule has 1 saturated heterocycles. The number of ether oxygens (including phenoxy) is 1. The van der Waals surface area contributed by atoms with E-state index in [1.54, 1.807) is 6.92 Å². The molecule has 0 saturated carbocycles. The maximum atomic E-state index is 11.2. The van der Waals surface area contributed by atoms with Crippen LogP contribution < -0.4 is 5.32 Å². The van der Waals surface area contributed by atoms with E-state index < -0.39 is 6.10 Å². The molecule has 0 bridgehead atoms. The minimum atomic E-state index is -0.658. The highest BCUT2D eigenvalue weighted by atomic mass is 16.5. The summed E-state index contributed by atoms with van der Waals surface area (Å²) in [7, 11) is 2.15. The maximum Gasteiger partial charge on any atom is 0.308 e. The lowest BCUT2D eigenvalue weighted by Crippen LogP contribution is -2.43. The lowest BCUT2D eigenvalue weighted by molar-refractivity contribution is -0.145. The molecule has 1 unspecified atom stereocenters. The van der Waals surface area contributed by atoms with E-state index in [1.165, 1.54) is 12.8 Å². The molecule has 0 aromatic carbocycles. The molecule has 5 heteroatoms. The monoisotopic (exact) mass is 272 g/mol. The Morgan fingerprint density at radius 2 is 2.11 bits per heavy atom. The van der Waals surface area contributed by atoms with Crippen LogP contribution in [-0.4, -0.2) is 61.9 Å². The molecular formula is C14H28N2O3. The Balaban J connectivity index is 2.17. The highest BCUT2D eigenvalue weighted by Crippen LogP contribution is 2.29. The van der Waals surface area contributed by atoms with Crippen molar-refractivity contribution >= 4 is 5.97 Å². The summed E-state index contributed by atoms with van der Waals surface area (Å²) in [5.74, 6) is -0.331. The zero-order chi connectivity index (χ0) is 14.3. The van der Waals surface area contributed by atoms with Crippen molar-refractivity contribution in [1.82, 2.24) is 10.2 Å². The third-order valence-corrected chi connectivity index (χ3v) is 3.83. The molecule has 1 fully saturated rings. The number of hydrogen-bond acceptors (Lipinski definition) is 5. The van der Waals surface area contributed by atoms with Gasteiger partial charge in [0.25, 0.3) is 0 Å². The summed E-state index contributed by atoms with van der Waals surface area (Å²) in [5, 5.41) is 13.0. The van der Waals surface area contributed by atoms with Crippen LogP contribution >= 0.6 is 0 Å². The van der Waals surface area contributed by atoms with Crippen molar-refractivity contribution in [1.29, 1.82) is 0 Å². The van der Waals surface area contributed by atoms with Gasteiger partial charge in [-0.25, -0.2) is 0 Å². The van der Waals surface area contributed by atoms with E-state index in [4.69, 9.17) is 4.74 Å². The molecule has 0 spiro atoms. The molecule has 1 heterocycles. The van der Waals surface area contributed by atoms with Crippen molar-refractivity contribution in [2.45, 2.75) is 39.2 Å². The van der Waals surface area contributed by atoms with Crippen LogP contribution in [0.4, 0.5) is 0 Å². The van der Waals surface area contributed by atoms with Gasteiger partial charge in [-0.1, -0.05) is 6.92 Å². The standard InChI is InChI=1S/C14H28N2O3/c1-4-19-13(18)9-12(17)10-15-11-14(2)5-7-16(3)8-6-14/h12,15,17H,4-11H2,1-3H3. The van der Waals surface area contributed by atoms with Gasteiger partial charge in [0.05, 0.1) is 19.1 Å². The van der Waals surface area contributed by atoms with Crippen LogP contribution in [-0.2, 0) is 9.53 Å². The minimum absolute atomic E-state index is 0.0697. The second kappa shape index (κ2) is 7.82. The smallest absolute Gasteiger partial charge is 0.308 e. The topological polar surface area (TPSA) is 61.8 Å². The van der Waals surface area contributed by atoms with Gasteiger partial charge in [0, 0.05) is 13.1 Å². The zero-order valence-corrected chi connectivity index (χ0v) is 12.4. The van der Waals surface area contributed by atoms with Crippen molar-refractivity contribution in [3.8, 4) is 0 Å². The minimum Gasteiger partial charge on any atom is -0.466 e. The molecule has 0 aromatic heterocycles. The van der Waals surface area contributed by atoms with Gasteiger partial charge in [-0.3, -0.25) is 4.79 Å². The number of nitrogens with zero attached hydrogens (tertiary/aromatic N) is 1. The van der Waals surface area contributed by atoms with E-state index in [9.17, 15) is 9.90 Å². The number of esters is 1. The molecular weight excluding hydrogens is 244 g/mol. The van der Waals surface area contributed by atoms with Gasteiger partial charge in [-0.15, -0.1) is 0 Å².